The van der Waals surface area contributed by atoms with Gasteiger partial charge in [0.15, 0.2) is 0 Å². The van der Waals surface area contributed by atoms with Crippen LogP contribution in [0.25, 0.3) is 0 Å². The molecule has 1 heterocycles. The average Bonchev–Trinajstić information content (AvgIpc) is 3.00. The fraction of sp³-hybridized carbons (Fsp3) is 0.500. The molecule has 1 aromatic carbocycles. The standard InChI is InChI=1S/C16H22FN3O3/c1-20(16(22)10-18-9-14-6-3-7-23-14)11-15(21)19-13-5-2-4-12(17)8-13/h2,4-5,8,14,18H,3,6-7,9-11H2,1H3,(H,19,21). The molecule has 0 spiro atoms. The van der Waals surface area contributed by atoms with Gasteiger partial charge in [-0.05, 0) is 31.0 Å². The topological polar surface area (TPSA) is 70.7 Å². The number of benzene rings is 1. The monoisotopic (exact) mass is 323 g/mol. The number of carbonyl (C=O) groups is 2. The molecule has 1 unspecified atom stereocenters. The predicted octanol–water partition coefficient (Wildman–Crippen LogP) is 0.991. The molecule has 2 rings (SSSR count). The van der Waals surface area contributed by atoms with Gasteiger partial charge >= 0.3 is 0 Å². The highest BCUT2D eigenvalue weighted by molar-refractivity contribution is 5.94. The number of carbonyl (C=O) groups excluding carboxylic acids is 2. The maximum atomic E-state index is 13.0. The number of nitrogens with zero attached hydrogens (tertiary/aromatic N) is 1. The molecule has 0 bridgehead atoms. The van der Waals surface area contributed by atoms with Crippen LogP contribution in [0.2, 0.25) is 0 Å². The van der Waals surface area contributed by atoms with Gasteiger partial charge in [-0.2, -0.15) is 0 Å². The highest BCUT2D eigenvalue weighted by atomic mass is 19.1. The van der Waals surface area contributed by atoms with E-state index in [2.05, 4.69) is 10.6 Å². The second-order valence-corrected chi connectivity index (χ2v) is 5.57. The number of anilines is 1. The van der Waals surface area contributed by atoms with E-state index in [1.54, 1.807) is 13.1 Å². The van der Waals surface area contributed by atoms with Gasteiger partial charge in [0, 0.05) is 25.9 Å². The first-order chi connectivity index (χ1) is 11.0. The van der Waals surface area contributed by atoms with Crippen LogP contribution in [0.1, 0.15) is 12.8 Å². The summed E-state index contributed by atoms with van der Waals surface area (Å²) in [5, 5.41) is 5.60. The predicted molar refractivity (Wildman–Crippen MR) is 84.5 cm³/mol. The number of likely N-dealkylation sites (N-methyl/N-ethyl adjacent to an activating group) is 1. The van der Waals surface area contributed by atoms with Gasteiger partial charge in [-0.3, -0.25) is 9.59 Å². The quantitative estimate of drug-likeness (QED) is 0.785. The lowest BCUT2D eigenvalue weighted by atomic mass is 10.2. The second-order valence-electron chi connectivity index (χ2n) is 5.57. The van der Waals surface area contributed by atoms with Gasteiger partial charge in [-0.25, -0.2) is 4.39 Å². The average molecular weight is 323 g/mol. The number of hydrogen-bond donors (Lipinski definition) is 2. The molecule has 0 radical (unpaired) electrons. The minimum atomic E-state index is -0.425. The highest BCUT2D eigenvalue weighted by Crippen LogP contribution is 2.10. The van der Waals surface area contributed by atoms with Gasteiger partial charge < -0.3 is 20.3 Å². The van der Waals surface area contributed by atoms with Crippen LogP contribution in [-0.2, 0) is 14.3 Å². The molecule has 0 saturated carbocycles. The molecule has 6 nitrogen and oxygen atoms in total. The number of nitrogens with one attached hydrogen (secondary N) is 2. The molecular weight excluding hydrogens is 301 g/mol. The fourth-order valence-corrected chi connectivity index (χ4v) is 2.35. The summed E-state index contributed by atoms with van der Waals surface area (Å²) in [5.74, 6) is -0.978. The molecule has 1 fully saturated rings. The zero-order valence-electron chi connectivity index (χ0n) is 13.2. The van der Waals surface area contributed by atoms with Crippen molar-refractivity contribution in [3.8, 4) is 0 Å². The van der Waals surface area contributed by atoms with Crippen molar-refractivity contribution in [2.24, 2.45) is 0 Å². The lowest BCUT2D eigenvalue weighted by Gasteiger charge is -2.18. The third-order valence-electron chi connectivity index (χ3n) is 3.59. The van der Waals surface area contributed by atoms with Crippen molar-refractivity contribution in [2.75, 3.05) is 38.6 Å². The Hall–Kier alpha value is -1.99. The molecule has 1 atom stereocenters. The van der Waals surface area contributed by atoms with Crippen molar-refractivity contribution in [1.82, 2.24) is 10.2 Å². The Labute approximate surface area is 135 Å². The molecule has 0 aliphatic carbocycles. The third-order valence-corrected chi connectivity index (χ3v) is 3.59. The number of hydrogen-bond acceptors (Lipinski definition) is 4. The van der Waals surface area contributed by atoms with Gasteiger partial charge in [0.25, 0.3) is 0 Å². The van der Waals surface area contributed by atoms with E-state index in [1.165, 1.54) is 23.1 Å². The van der Waals surface area contributed by atoms with Crippen LogP contribution in [0, 0.1) is 5.82 Å². The molecule has 126 valence electrons. The zero-order chi connectivity index (χ0) is 16.7. The Morgan fingerprint density at radius 3 is 2.96 bits per heavy atom. The van der Waals surface area contributed by atoms with Crippen molar-refractivity contribution in [2.45, 2.75) is 18.9 Å². The first kappa shape index (κ1) is 17.4. The minimum absolute atomic E-state index is 0.0864. The van der Waals surface area contributed by atoms with Crippen LogP contribution in [0.3, 0.4) is 0 Å². The van der Waals surface area contributed by atoms with E-state index in [4.69, 9.17) is 4.74 Å². The van der Waals surface area contributed by atoms with Crippen LogP contribution in [-0.4, -0.2) is 56.1 Å². The van der Waals surface area contributed by atoms with Crippen LogP contribution in [0.5, 0.6) is 0 Å². The molecule has 1 aliphatic heterocycles. The first-order valence-corrected chi connectivity index (χ1v) is 7.66. The maximum Gasteiger partial charge on any atom is 0.243 e. The SMILES string of the molecule is CN(CC(=O)Nc1cccc(F)c1)C(=O)CNCC1CCCO1. The Balaban J connectivity index is 1.68. The van der Waals surface area contributed by atoms with E-state index in [9.17, 15) is 14.0 Å². The molecule has 1 saturated heterocycles. The van der Waals surface area contributed by atoms with E-state index >= 15 is 0 Å². The maximum absolute atomic E-state index is 13.0. The third kappa shape index (κ3) is 5.96. The fourth-order valence-electron chi connectivity index (χ4n) is 2.35. The molecule has 23 heavy (non-hydrogen) atoms. The number of amides is 2. The van der Waals surface area contributed by atoms with Crippen LogP contribution >= 0.6 is 0 Å². The summed E-state index contributed by atoms with van der Waals surface area (Å²) >= 11 is 0. The summed E-state index contributed by atoms with van der Waals surface area (Å²) < 4.78 is 18.5. The van der Waals surface area contributed by atoms with Crippen LogP contribution < -0.4 is 10.6 Å². The van der Waals surface area contributed by atoms with E-state index < -0.39 is 5.82 Å². The Kier molecular flexibility index (Phi) is 6.49. The van der Waals surface area contributed by atoms with E-state index in [0.29, 0.717) is 12.2 Å². The van der Waals surface area contributed by atoms with Crippen molar-refractivity contribution < 1.29 is 18.7 Å². The summed E-state index contributed by atoms with van der Waals surface area (Å²) in [6.45, 7) is 1.48. The first-order valence-electron chi connectivity index (χ1n) is 7.66. The van der Waals surface area contributed by atoms with Gasteiger partial charge in [0.1, 0.15) is 5.82 Å². The summed E-state index contributed by atoms with van der Waals surface area (Å²) in [7, 11) is 1.56. The summed E-state index contributed by atoms with van der Waals surface area (Å²) in [6.07, 6.45) is 2.23. The number of ether oxygens (including phenoxy) is 1. The molecule has 1 aliphatic rings. The van der Waals surface area contributed by atoms with E-state index in [1.807, 2.05) is 0 Å². The molecule has 0 aromatic heterocycles. The molecule has 2 N–H and O–H groups in total. The lowest BCUT2D eigenvalue weighted by Crippen LogP contribution is -2.41. The number of halogens is 1. The summed E-state index contributed by atoms with van der Waals surface area (Å²) in [6, 6.07) is 5.62. The second kappa shape index (κ2) is 8.59. The minimum Gasteiger partial charge on any atom is -0.377 e. The van der Waals surface area contributed by atoms with Gasteiger partial charge in [-0.15, -0.1) is 0 Å². The van der Waals surface area contributed by atoms with Gasteiger partial charge in [-0.1, -0.05) is 6.07 Å². The Bertz CT molecular complexity index is 547. The molecule has 1 aromatic rings. The molecular formula is C16H22FN3O3. The normalized spacial score (nSPS) is 17.0. The Morgan fingerprint density at radius 2 is 2.26 bits per heavy atom. The van der Waals surface area contributed by atoms with Crippen LogP contribution in [0.4, 0.5) is 10.1 Å². The molecule has 7 heteroatoms. The van der Waals surface area contributed by atoms with E-state index in [-0.39, 0.29) is 31.0 Å². The summed E-state index contributed by atoms with van der Waals surface area (Å²) in [5.41, 5.74) is 0.368. The van der Waals surface area contributed by atoms with Gasteiger partial charge in [0.2, 0.25) is 11.8 Å². The highest BCUT2D eigenvalue weighted by Gasteiger charge is 2.17. The summed E-state index contributed by atoms with van der Waals surface area (Å²) in [4.78, 5) is 25.1. The van der Waals surface area contributed by atoms with Crippen molar-refractivity contribution in [3.63, 3.8) is 0 Å². The smallest absolute Gasteiger partial charge is 0.243 e. The largest absolute Gasteiger partial charge is 0.377 e. The Morgan fingerprint density at radius 1 is 1.43 bits per heavy atom. The lowest BCUT2D eigenvalue weighted by molar-refractivity contribution is -0.132. The zero-order valence-corrected chi connectivity index (χ0v) is 13.2. The van der Waals surface area contributed by atoms with Crippen molar-refractivity contribution in [1.29, 1.82) is 0 Å². The van der Waals surface area contributed by atoms with Crippen molar-refractivity contribution in [3.05, 3.63) is 30.1 Å². The number of rotatable bonds is 7. The van der Waals surface area contributed by atoms with Crippen molar-refractivity contribution >= 4 is 17.5 Å². The van der Waals surface area contributed by atoms with Crippen LogP contribution in [0.15, 0.2) is 24.3 Å². The molecule has 2 amide bonds. The van der Waals surface area contributed by atoms with E-state index in [0.717, 1.165) is 19.4 Å². The van der Waals surface area contributed by atoms with Gasteiger partial charge in [0.05, 0.1) is 19.2 Å².